The van der Waals surface area contributed by atoms with Crippen molar-refractivity contribution in [3.05, 3.63) is 41.5 Å². The van der Waals surface area contributed by atoms with E-state index in [1.165, 1.54) is 17.6 Å². The standard InChI is InChI=1S/C13H19N.ClH/c1-3-9-14-11-12(2)10-13-7-5-4-6-8-13;/h4-8,10,14H,3,9,11H2,1-2H3;1H. The van der Waals surface area contributed by atoms with E-state index in [9.17, 15) is 0 Å². The highest BCUT2D eigenvalue weighted by molar-refractivity contribution is 5.85. The summed E-state index contributed by atoms with van der Waals surface area (Å²) in [5, 5.41) is 3.39. The van der Waals surface area contributed by atoms with Gasteiger partial charge in [0.05, 0.1) is 0 Å². The summed E-state index contributed by atoms with van der Waals surface area (Å²) < 4.78 is 0. The minimum absolute atomic E-state index is 0. The van der Waals surface area contributed by atoms with E-state index in [4.69, 9.17) is 0 Å². The molecule has 1 aromatic rings. The molecule has 0 aliphatic rings. The topological polar surface area (TPSA) is 12.0 Å². The molecule has 1 N–H and O–H groups in total. The van der Waals surface area contributed by atoms with Gasteiger partial charge in [-0.05, 0) is 25.5 Å². The van der Waals surface area contributed by atoms with Crippen molar-refractivity contribution >= 4 is 18.5 Å². The molecule has 0 atom stereocenters. The zero-order valence-electron chi connectivity index (χ0n) is 9.49. The first-order valence-electron chi connectivity index (χ1n) is 5.26. The normalized spacial score (nSPS) is 10.9. The summed E-state index contributed by atoms with van der Waals surface area (Å²) in [7, 11) is 0. The van der Waals surface area contributed by atoms with E-state index in [0.29, 0.717) is 0 Å². The van der Waals surface area contributed by atoms with Crippen LogP contribution in [0, 0.1) is 0 Å². The molecule has 0 heterocycles. The van der Waals surface area contributed by atoms with Crippen LogP contribution in [0.1, 0.15) is 25.8 Å². The van der Waals surface area contributed by atoms with Gasteiger partial charge < -0.3 is 5.32 Å². The molecule has 15 heavy (non-hydrogen) atoms. The third-order valence-electron chi connectivity index (χ3n) is 2.04. The monoisotopic (exact) mass is 225 g/mol. The Hall–Kier alpha value is -0.790. The summed E-state index contributed by atoms with van der Waals surface area (Å²) in [4.78, 5) is 0. The van der Waals surface area contributed by atoms with Gasteiger partial charge >= 0.3 is 0 Å². The van der Waals surface area contributed by atoms with Gasteiger partial charge in [-0.25, -0.2) is 0 Å². The van der Waals surface area contributed by atoms with Crippen LogP contribution in [0.25, 0.3) is 6.08 Å². The van der Waals surface area contributed by atoms with E-state index in [1.807, 2.05) is 6.07 Å². The van der Waals surface area contributed by atoms with Crippen molar-refractivity contribution in [2.24, 2.45) is 0 Å². The summed E-state index contributed by atoms with van der Waals surface area (Å²) in [5.41, 5.74) is 2.66. The van der Waals surface area contributed by atoms with E-state index in [-0.39, 0.29) is 12.4 Å². The number of hydrogen-bond donors (Lipinski definition) is 1. The Bertz CT molecular complexity index is 280. The van der Waals surface area contributed by atoms with E-state index in [0.717, 1.165) is 13.1 Å². The fraction of sp³-hybridized carbons (Fsp3) is 0.385. The van der Waals surface area contributed by atoms with Gasteiger partial charge in [0.1, 0.15) is 0 Å². The predicted octanol–water partition coefficient (Wildman–Crippen LogP) is 3.51. The van der Waals surface area contributed by atoms with Gasteiger partial charge in [-0.15, -0.1) is 12.4 Å². The molecule has 0 bridgehead atoms. The minimum atomic E-state index is 0. The number of hydrogen-bond acceptors (Lipinski definition) is 1. The number of halogens is 1. The van der Waals surface area contributed by atoms with Crippen LogP contribution in [0.15, 0.2) is 35.9 Å². The van der Waals surface area contributed by atoms with Crippen LogP contribution in [0.5, 0.6) is 0 Å². The van der Waals surface area contributed by atoms with Crippen molar-refractivity contribution < 1.29 is 0 Å². The Morgan fingerprint density at radius 3 is 2.53 bits per heavy atom. The average molecular weight is 226 g/mol. The van der Waals surface area contributed by atoms with Crippen molar-refractivity contribution in [3.63, 3.8) is 0 Å². The third kappa shape index (κ3) is 6.32. The molecule has 84 valence electrons. The Labute approximate surface area is 99.0 Å². The first kappa shape index (κ1) is 14.2. The lowest BCUT2D eigenvalue weighted by atomic mass is 10.1. The van der Waals surface area contributed by atoms with E-state index < -0.39 is 0 Å². The molecule has 0 unspecified atom stereocenters. The molecule has 0 spiro atoms. The number of benzene rings is 1. The Morgan fingerprint density at radius 1 is 1.27 bits per heavy atom. The second-order valence-electron chi connectivity index (χ2n) is 3.58. The molecule has 1 rings (SSSR count). The lowest BCUT2D eigenvalue weighted by Gasteiger charge is -2.03. The smallest absolute Gasteiger partial charge is 0.0165 e. The largest absolute Gasteiger partial charge is 0.313 e. The first-order chi connectivity index (χ1) is 6.83. The van der Waals surface area contributed by atoms with Crippen LogP contribution in [0.2, 0.25) is 0 Å². The lowest BCUT2D eigenvalue weighted by molar-refractivity contribution is 0.715. The molecule has 0 aliphatic carbocycles. The zero-order valence-corrected chi connectivity index (χ0v) is 10.3. The summed E-state index contributed by atoms with van der Waals surface area (Å²) >= 11 is 0. The highest BCUT2D eigenvalue weighted by Crippen LogP contribution is 2.04. The van der Waals surface area contributed by atoms with Crippen LogP contribution in [0.3, 0.4) is 0 Å². The van der Waals surface area contributed by atoms with Gasteiger partial charge in [0.2, 0.25) is 0 Å². The summed E-state index contributed by atoms with van der Waals surface area (Å²) in [6.07, 6.45) is 3.42. The Balaban J connectivity index is 0.00000196. The maximum Gasteiger partial charge on any atom is 0.0165 e. The quantitative estimate of drug-likeness (QED) is 0.757. The zero-order chi connectivity index (χ0) is 10.2. The van der Waals surface area contributed by atoms with Gasteiger partial charge in [-0.3, -0.25) is 0 Å². The van der Waals surface area contributed by atoms with Crippen LogP contribution in [0.4, 0.5) is 0 Å². The molecule has 0 saturated heterocycles. The summed E-state index contributed by atoms with van der Waals surface area (Å²) in [6.45, 7) is 6.43. The second-order valence-corrected chi connectivity index (χ2v) is 3.58. The van der Waals surface area contributed by atoms with Crippen molar-refractivity contribution in [3.8, 4) is 0 Å². The fourth-order valence-electron chi connectivity index (χ4n) is 1.35. The van der Waals surface area contributed by atoms with Crippen molar-refractivity contribution in [2.75, 3.05) is 13.1 Å². The van der Waals surface area contributed by atoms with Crippen LogP contribution in [-0.2, 0) is 0 Å². The Morgan fingerprint density at radius 2 is 1.93 bits per heavy atom. The molecule has 2 heteroatoms. The molecule has 0 aliphatic heterocycles. The van der Waals surface area contributed by atoms with E-state index in [2.05, 4.69) is 49.5 Å². The van der Waals surface area contributed by atoms with Gasteiger partial charge in [-0.1, -0.05) is 48.9 Å². The number of nitrogens with one attached hydrogen (secondary N) is 1. The van der Waals surface area contributed by atoms with Gasteiger partial charge in [-0.2, -0.15) is 0 Å². The molecular weight excluding hydrogens is 206 g/mol. The first-order valence-corrected chi connectivity index (χ1v) is 5.26. The fourth-order valence-corrected chi connectivity index (χ4v) is 1.35. The van der Waals surface area contributed by atoms with E-state index in [1.54, 1.807) is 0 Å². The Kier molecular flexibility index (Phi) is 8.06. The van der Waals surface area contributed by atoms with Crippen molar-refractivity contribution in [2.45, 2.75) is 20.3 Å². The third-order valence-corrected chi connectivity index (χ3v) is 2.04. The highest BCUT2D eigenvalue weighted by Gasteiger charge is 1.90. The second kappa shape index (κ2) is 8.51. The predicted molar refractivity (Wildman–Crippen MR) is 70.5 cm³/mol. The lowest BCUT2D eigenvalue weighted by Crippen LogP contribution is -2.16. The van der Waals surface area contributed by atoms with Crippen LogP contribution >= 0.6 is 12.4 Å². The van der Waals surface area contributed by atoms with Gasteiger partial charge in [0.15, 0.2) is 0 Å². The molecule has 1 aromatic carbocycles. The summed E-state index contributed by atoms with van der Waals surface area (Å²) in [5.74, 6) is 0. The van der Waals surface area contributed by atoms with Crippen LogP contribution in [-0.4, -0.2) is 13.1 Å². The van der Waals surface area contributed by atoms with E-state index >= 15 is 0 Å². The molecular formula is C13H20ClN. The number of rotatable bonds is 5. The molecule has 0 aromatic heterocycles. The van der Waals surface area contributed by atoms with Crippen molar-refractivity contribution in [1.82, 2.24) is 5.32 Å². The van der Waals surface area contributed by atoms with Gasteiger partial charge in [0.25, 0.3) is 0 Å². The molecule has 0 amide bonds. The summed E-state index contributed by atoms with van der Waals surface area (Å²) in [6, 6.07) is 10.4. The van der Waals surface area contributed by atoms with Crippen LogP contribution < -0.4 is 5.32 Å². The van der Waals surface area contributed by atoms with Crippen molar-refractivity contribution in [1.29, 1.82) is 0 Å². The average Bonchev–Trinajstić information content (AvgIpc) is 2.20. The van der Waals surface area contributed by atoms with Gasteiger partial charge in [0, 0.05) is 6.54 Å². The molecule has 0 saturated carbocycles. The molecule has 0 radical (unpaired) electrons. The minimum Gasteiger partial charge on any atom is -0.313 e. The highest BCUT2D eigenvalue weighted by atomic mass is 35.5. The molecule has 0 fully saturated rings. The molecule has 1 nitrogen and oxygen atoms in total. The SMILES string of the molecule is CCCNCC(C)=Cc1ccccc1.Cl. The maximum absolute atomic E-state index is 3.39. The maximum atomic E-state index is 3.39.